The van der Waals surface area contributed by atoms with Crippen molar-refractivity contribution in [3.63, 3.8) is 0 Å². The molecule has 0 unspecified atom stereocenters. The number of urea groups is 1. The molecule has 1 heterocycles. The Morgan fingerprint density at radius 2 is 1.53 bits per heavy atom. The predicted octanol–water partition coefficient (Wildman–Crippen LogP) is 6.99. The van der Waals surface area contributed by atoms with Crippen LogP contribution in [0.4, 0.5) is 29.3 Å². The molecule has 0 spiro atoms. The van der Waals surface area contributed by atoms with Crippen molar-refractivity contribution in [1.82, 2.24) is 9.80 Å². The van der Waals surface area contributed by atoms with E-state index in [-0.39, 0.29) is 18.4 Å². The number of hydrogen-bond donors (Lipinski definition) is 2. The van der Waals surface area contributed by atoms with Gasteiger partial charge in [0.05, 0.1) is 6.26 Å². The molecule has 0 atom stereocenters. The van der Waals surface area contributed by atoms with Crippen LogP contribution in [0.1, 0.15) is 38.2 Å². The number of ether oxygens (including phenoxy) is 1. The number of likely N-dealkylation sites (tertiary alicyclic amines) is 1. The van der Waals surface area contributed by atoms with Gasteiger partial charge in [-0.15, -0.1) is 12.4 Å². The standard InChI is InChI=1S/C30H35F3N4O4S.ClH/c1-3-4-15-37(30(38)34-29-27(32)18-22(31)19-28(29)33)24-13-16-36(17-14-24)20-21-5-9-25(10-6-21)41-26-11-7-23(8-12-26)35-42(2,39)40;/h5-12,18-19,24,35H,3-4,13-17,20H2,1-2H3,(H,34,38);1H. The minimum atomic E-state index is -3.35. The van der Waals surface area contributed by atoms with Crippen molar-refractivity contribution in [1.29, 1.82) is 0 Å². The van der Waals surface area contributed by atoms with Crippen LogP contribution in [0, 0.1) is 17.5 Å². The third-order valence-corrected chi connectivity index (χ3v) is 7.58. The molecule has 0 radical (unpaired) electrons. The lowest BCUT2D eigenvalue weighted by molar-refractivity contribution is 0.122. The molecule has 234 valence electrons. The second-order valence-electron chi connectivity index (χ2n) is 10.4. The highest BCUT2D eigenvalue weighted by atomic mass is 35.5. The van der Waals surface area contributed by atoms with Gasteiger partial charge in [0.1, 0.15) is 23.0 Å². The van der Waals surface area contributed by atoms with E-state index in [9.17, 15) is 26.4 Å². The Hall–Kier alpha value is -3.48. The van der Waals surface area contributed by atoms with Crippen LogP contribution in [0.5, 0.6) is 11.5 Å². The zero-order valence-electron chi connectivity index (χ0n) is 24.0. The number of rotatable bonds is 11. The van der Waals surface area contributed by atoms with Crippen LogP contribution in [-0.2, 0) is 16.6 Å². The predicted molar refractivity (Wildman–Crippen MR) is 164 cm³/mol. The summed E-state index contributed by atoms with van der Waals surface area (Å²) in [6.07, 6.45) is 4.10. The van der Waals surface area contributed by atoms with Gasteiger partial charge in [0, 0.05) is 50.0 Å². The van der Waals surface area contributed by atoms with Crippen LogP contribution < -0.4 is 14.8 Å². The van der Waals surface area contributed by atoms with E-state index in [0.29, 0.717) is 55.3 Å². The van der Waals surface area contributed by atoms with Gasteiger partial charge in [-0.2, -0.15) is 0 Å². The van der Waals surface area contributed by atoms with E-state index in [4.69, 9.17) is 4.74 Å². The summed E-state index contributed by atoms with van der Waals surface area (Å²) in [5.74, 6) is -2.13. The summed E-state index contributed by atoms with van der Waals surface area (Å²) in [7, 11) is -3.35. The summed E-state index contributed by atoms with van der Waals surface area (Å²) in [6.45, 7) is 4.66. The van der Waals surface area contributed by atoms with Gasteiger partial charge in [0.25, 0.3) is 0 Å². The highest BCUT2D eigenvalue weighted by Gasteiger charge is 2.29. The molecule has 1 aliphatic heterocycles. The maximum atomic E-state index is 14.1. The van der Waals surface area contributed by atoms with Crippen molar-refractivity contribution < 1.29 is 31.1 Å². The summed E-state index contributed by atoms with van der Waals surface area (Å²) in [5, 5.41) is 2.31. The average Bonchev–Trinajstić information content (AvgIpc) is 2.93. The van der Waals surface area contributed by atoms with E-state index in [1.807, 2.05) is 31.2 Å². The molecule has 1 fully saturated rings. The summed E-state index contributed by atoms with van der Waals surface area (Å²) >= 11 is 0. The first kappa shape index (κ1) is 34.0. The van der Waals surface area contributed by atoms with Crippen molar-refractivity contribution in [2.24, 2.45) is 0 Å². The maximum absolute atomic E-state index is 14.1. The molecule has 13 heteroatoms. The fraction of sp³-hybridized carbons (Fsp3) is 0.367. The number of halogens is 4. The van der Waals surface area contributed by atoms with Crippen molar-refractivity contribution in [3.05, 3.63) is 83.7 Å². The van der Waals surface area contributed by atoms with Gasteiger partial charge in [-0.05, 0) is 61.2 Å². The molecule has 0 saturated carbocycles. The molecule has 3 aromatic rings. The second-order valence-corrected chi connectivity index (χ2v) is 12.1. The smallest absolute Gasteiger partial charge is 0.322 e. The first-order chi connectivity index (χ1) is 20.0. The highest BCUT2D eigenvalue weighted by molar-refractivity contribution is 7.92. The maximum Gasteiger partial charge on any atom is 0.322 e. The molecule has 2 N–H and O–H groups in total. The Kier molecular flexibility index (Phi) is 12.1. The molecule has 0 aliphatic carbocycles. The lowest BCUT2D eigenvalue weighted by Gasteiger charge is -2.38. The molecule has 0 bridgehead atoms. The van der Waals surface area contributed by atoms with Crippen molar-refractivity contribution in [3.8, 4) is 11.5 Å². The monoisotopic (exact) mass is 640 g/mol. The molecular weight excluding hydrogens is 605 g/mol. The Morgan fingerprint density at radius 3 is 2.07 bits per heavy atom. The van der Waals surface area contributed by atoms with Gasteiger partial charge < -0.3 is 15.0 Å². The number of nitrogens with zero attached hydrogens (tertiary/aromatic N) is 2. The molecule has 3 aromatic carbocycles. The fourth-order valence-electron chi connectivity index (χ4n) is 4.87. The number of carbonyl (C=O) groups is 1. The summed E-state index contributed by atoms with van der Waals surface area (Å²) < 4.78 is 72.5. The van der Waals surface area contributed by atoms with E-state index in [1.165, 1.54) is 0 Å². The zero-order chi connectivity index (χ0) is 30.3. The van der Waals surface area contributed by atoms with Crippen LogP contribution in [0.2, 0.25) is 0 Å². The summed E-state index contributed by atoms with van der Waals surface area (Å²) in [5.41, 5.74) is 0.902. The van der Waals surface area contributed by atoms with Gasteiger partial charge >= 0.3 is 6.03 Å². The zero-order valence-corrected chi connectivity index (χ0v) is 25.6. The summed E-state index contributed by atoms with van der Waals surface area (Å²) in [6, 6.07) is 14.7. The Morgan fingerprint density at radius 1 is 0.977 bits per heavy atom. The molecular formula is C30H36ClF3N4O4S. The van der Waals surface area contributed by atoms with Crippen LogP contribution in [-0.4, -0.2) is 56.2 Å². The Balaban J connectivity index is 0.00000506. The van der Waals surface area contributed by atoms with Gasteiger partial charge in [0.2, 0.25) is 10.0 Å². The molecule has 1 saturated heterocycles. The largest absolute Gasteiger partial charge is 0.457 e. The number of hydrogen-bond acceptors (Lipinski definition) is 5. The Labute approximate surface area is 256 Å². The first-order valence-corrected chi connectivity index (χ1v) is 15.7. The van der Waals surface area contributed by atoms with E-state index in [0.717, 1.165) is 37.8 Å². The minimum absolute atomic E-state index is 0. The first-order valence-electron chi connectivity index (χ1n) is 13.8. The molecule has 0 aromatic heterocycles. The number of nitrogens with one attached hydrogen (secondary N) is 2. The van der Waals surface area contributed by atoms with Crippen molar-refractivity contribution >= 4 is 39.8 Å². The molecule has 2 amide bonds. The van der Waals surface area contributed by atoms with Crippen molar-refractivity contribution in [2.75, 3.05) is 35.9 Å². The van der Waals surface area contributed by atoms with Crippen molar-refractivity contribution in [2.45, 2.75) is 45.2 Å². The van der Waals surface area contributed by atoms with Gasteiger partial charge in [-0.25, -0.2) is 26.4 Å². The lowest BCUT2D eigenvalue weighted by Crippen LogP contribution is -2.49. The number of benzene rings is 3. The number of anilines is 2. The summed E-state index contributed by atoms with van der Waals surface area (Å²) in [4.78, 5) is 17.0. The van der Waals surface area contributed by atoms with Crippen LogP contribution in [0.25, 0.3) is 0 Å². The van der Waals surface area contributed by atoms with Gasteiger partial charge in [-0.1, -0.05) is 25.5 Å². The third kappa shape index (κ3) is 10.0. The quantitative estimate of drug-likeness (QED) is 0.236. The van der Waals surface area contributed by atoms with Gasteiger partial charge in [0.15, 0.2) is 11.6 Å². The average molecular weight is 641 g/mol. The number of piperidine rings is 1. The van der Waals surface area contributed by atoms with E-state index in [2.05, 4.69) is 14.9 Å². The number of amides is 2. The minimum Gasteiger partial charge on any atom is -0.457 e. The van der Waals surface area contributed by atoms with E-state index < -0.39 is 39.2 Å². The Bertz CT molecular complexity index is 1450. The topological polar surface area (TPSA) is 91.0 Å². The molecule has 43 heavy (non-hydrogen) atoms. The molecule has 1 aliphatic rings. The molecule has 8 nitrogen and oxygen atoms in total. The fourth-order valence-corrected chi connectivity index (χ4v) is 5.43. The number of sulfonamides is 1. The van der Waals surface area contributed by atoms with Crippen LogP contribution >= 0.6 is 12.4 Å². The highest BCUT2D eigenvalue weighted by Crippen LogP contribution is 2.26. The normalized spacial score (nSPS) is 14.1. The lowest BCUT2D eigenvalue weighted by atomic mass is 10.0. The van der Waals surface area contributed by atoms with Crippen LogP contribution in [0.3, 0.4) is 0 Å². The SMILES string of the molecule is CCCCN(C(=O)Nc1c(F)cc(F)cc1F)C1CCN(Cc2ccc(Oc3ccc(NS(C)(=O)=O)cc3)cc2)CC1.Cl. The number of unbranched alkanes of at least 4 members (excludes halogenated alkanes) is 1. The van der Waals surface area contributed by atoms with Gasteiger partial charge in [-0.3, -0.25) is 9.62 Å². The number of carbonyl (C=O) groups excluding carboxylic acids is 1. The van der Waals surface area contributed by atoms with E-state index >= 15 is 0 Å². The van der Waals surface area contributed by atoms with Crippen LogP contribution in [0.15, 0.2) is 60.7 Å². The molecule has 4 rings (SSSR count). The van der Waals surface area contributed by atoms with E-state index in [1.54, 1.807) is 29.2 Å². The third-order valence-electron chi connectivity index (χ3n) is 6.97. The second kappa shape index (κ2) is 15.3.